The zero-order chi connectivity index (χ0) is 17.9. The van der Waals surface area contributed by atoms with Crippen molar-refractivity contribution in [2.24, 2.45) is 5.92 Å². The Morgan fingerprint density at radius 1 is 1.31 bits per heavy atom. The van der Waals surface area contributed by atoms with Crippen molar-refractivity contribution in [3.05, 3.63) is 60.6 Å². The summed E-state index contributed by atoms with van der Waals surface area (Å²) >= 11 is 0. The number of piperidine rings is 1. The highest BCUT2D eigenvalue weighted by Gasteiger charge is 2.27. The second-order valence-corrected chi connectivity index (χ2v) is 6.81. The minimum Gasteiger partial charge on any atom is -0.459 e. The molecule has 0 bridgehead atoms. The number of pyridine rings is 1. The summed E-state index contributed by atoms with van der Waals surface area (Å²) in [5.41, 5.74) is 2.14. The van der Waals surface area contributed by atoms with Crippen molar-refractivity contribution in [1.29, 1.82) is 0 Å². The van der Waals surface area contributed by atoms with Gasteiger partial charge in [-0.1, -0.05) is 0 Å². The molecule has 4 rings (SSSR count). The largest absolute Gasteiger partial charge is 0.459 e. The first kappa shape index (κ1) is 16.6. The van der Waals surface area contributed by atoms with E-state index in [9.17, 15) is 4.79 Å². The van der Waals surface area contributed by atoms with Gasteiger partial charge in [0, 0.05) is 49.5 Å². The number of likely N-dealkylation sites (tertiary alicyclic amines) is 1. The zero-order valence-corrected chi connectivity index (χ0v) is 14.8. The van der Waals surface area contributed by atoms with E-state index in [2.05, 4.69) is 21.5 Å². The number of amides is 1. The Morgan fingerprint density at radius 2 is 2.23 bits per heavy atom. The Bertz CT molecular complexity index is 871. The molecule has 0 N–H and O–H groups in total. The number of nitrogens with zero attached hydrogens (tertiary/aromatic N) is 4. The molecule has 6 heteroatoms. The fraction of sp³-hybridized carbons (Fsp3) is 0.350. The van der Waals surface area contributed by atoms with E-state index in [4.69, 9.17) is 4.42 Å². The van der Waals surface area contributed by atoms with Crippen molar-refractivity contribution in [2.45, 2.75) is 26.3 Å². The van der Waals surface area contributed by atoms with E-state index in [0.717, 1.165) is 49.6 Å². The fourth-order valence-electron chi connectivity index (χ4n) is 3.63. The van der Waals surface area contributed by atoms with Crippen LogP contribution in [0, 0.1) is 12.8 Å². The molecule has 0 aromatic carbocycles. The van der Waals surface area contributed by atoms with Gasteiger partial charge in [0.25, 0.3) is 5.91 Å². The summed E-state index contributed by atoms with van der Waals surface area (Å²) in [7, 11) is 0. The molecule has 1 atom stereocenters. The van der Waals surface area contributed by atoms with Crippen LogP contribution >= 0.6 is 0 Å². The average molecular weight is 350 g/mol. The van der Waals surface area contributed by atoms with Crippen molar-refractivity contribution in [3.63, 3.8) is 0 Å². The lowest BCUT2D eigenvalue weighted by Gasteiger charge is -2.33. The summed E-state index contributed by atoms with van der Waals surface area (Å²) in [5, 5.41) is 0. The van der Waals surface area contributed by atoms with Gasteiger partial charge in [-0.2, -0.15) is 0 Å². The highest BCUT2D eigenvalue weighted by Crippen LogP contribution is 2.25. The second-order valence-electron chi connectivity index (χ2n) is 6.81. The lowest BCUT2D eigenvalue weighted by molar-refractivity contribution is 0.0630. The molecule has 0 saturated carbocycles. The van der Waals surface area contributed by atoms with Crippen LogP contribution in [0.15, 0.2) is 53.5 Å². The summed E-state index contributed by atoms with van der Waals surface area (Å²) in [5.74, 6) is 1.73. The SMILES string of the molecule is Cc1cnc(-c2cccnc2)n1CC1CCCN(C(=O)c2ccco2)C1. The smallest absolute Gasteiger partial charge is 0.289 e. The van der Waals surface area contributed by atoms with Crippen LogP contribution in [0.25, 0.3) is 11.4 Å². The minimum atomic E-state index is -0.0189. The van der Waals surface area contributed by atoms with E-state index < -0.39 is 0 Å². The normalized spacial score (nSPS) is 17.4. The van der Waals surface area contributed by atoms with Crippen molar-refractivity contribution >= 4 is 5.91 Å². The maximum Gasteiger partial charge on any atom is 0.289 e. The molecule has 26 heavy (non-hydrogen) atoms. The van der Waals surface area contributed by atoms with Gasteiger partial charge in [-0.3, -0.25) is 9.78 Å². The lowest BCUT2D eigenvalue weighted by atomic mass is 9.97. The number of imidazole rings is 1. The molecule has 4 heterocycles. The van der Waals surface area contributed by atoms with Crippen molar-refractivity contribution < 1.29 is 9.21 Å². The summed E-state index contributed by atoms with van der Waals surface area (Å²) in [6.07, 6.45) is 9.16. The Labute approximate surface area is 152 Å². The molecule has 1 saturated heterocycles. The molecule has 1 fully saturated rings. The van der Waals surface area contributed by atoms with E-state index in [1.54, 1.807) is 24.6 Å². The maximum atomic E-state index is 12.6. The molecule has 0 spiro atoms. The Balaban J connectivity index is 1.51. The first-order valence-electron chi connectivity index (χ1n) is 8.97. The van der Waals surface area contributed by atoms with Gasteiger partial charge in [0.2, 0.25) is 0 Å². The van der Waals surface area contributed by atoms with Crippen LogP contribution in [0.2, 0.25) is 0 Å². The Morgan fingerprint density at radius 3 is 3.00 bits per heavy atom. The van der Waals surface area contributed by atoms with Gasteiger partial charge in [0.05, 0.1) is 6.26 Å². The van der Waals surface area contributed by atoms with Gasteiger partial charge >= 0.3 is 0 Å². The van der Waals surface area contributed by atoms with Crippen molar-refractivity contribution in [3.8, 4) is 11.4 Å². The first-order chi connectivity index (χ1) is 12.7. The standard InChI is InChI=1S/C20H22N4O2/c1-15-11-22-19(17-6-2-8-21-12-17)24(15)14-16-5-3-9-23(13-16)20(25)18-7-4-10-26-18/h2,4,6-8,10-12,16H,3,5,9,13-14H2,1H3. The number of furan rings is 1. The molecule has 1 amide bonds. The van der Waals surface area contributed by atoms with Crippen LogP contribution in [0.3, 0.4) is 0 Å². The van der Waals surface area contributed by atoms with E-state index in [0.29, 0.717) is 11.7 Å². The summed E-state index contributed by atoms with van der Waals surface area (Å²) in [6.45, 7) is 4.44. The third-order valence-corrected chi connectivity index (χ3v) is 4.95. The predicted molar refractivity (Wildman–Crippen MR) is 97.5 cm³/mol. The van der Waals surface area contributed by atoms with Crippen LogP contribution in [-0.4, -0.2) is 38.4 Å². The molecular weight excluding hydrogens is 328 g/mol. The monoisotopic (exact) mass is 350 g/mol. The second kappa shape index (κ2) is 7.15. The number of carbonyl (C=O) groups excluding carboxylic acids is 1. The number of carbonyl (C=O) groups is 1. The van der Waals surface area contributed by atoms with Gasteiger partial charge in [-0.25, -0.2) is 4.98 Å². The summed E-state index contributed by atoms with van der Waals surface area (Å²) < 4.78 is 7.51. The Kier molecular flexibility index (Phi) is 4.56. The Hall–Kier alpha value is -2.89. The van der Waals surface area contributed by atoms with Crippen LogP contribution < -0.4 is 0 Å². The summed E-state index contributed by atoms with van der Waals surface area (Å²) in [4.78, 5) is 23.3. The van der Waals surface area contributed by atoms with E-state index >= 15 is 0 Å². The molecule has 1 aliphatic rings. The molecule has 1 unspecified atom stereocenters. The quantitative estimate of drug-likeness (QED) is 0.723. The molecular formula is C20H22N4O2. The molecule has 0 aliphatic carbocycles. The molecule has 3 aromatic heterocycles. The minimum absolute atomic E-state index is 0.0189. The zero-order valence-electron chi connectivity index (χ0n) is 14.8. The fourth-order valence-corrected chi connectivity index (χ4v) is 3.63. The molecule has 1 aliphatic heterocycles. The van der Waals surface area contributed by atoms with Crippen LogP contribution in [0.5, 0.6) is 0 Å². The number of aryl methyl sites for hydroxylation is 1. The van der Waals surface area contributed by atoms with Gasteiger partial charge < -0.3 is 13.9 Å². The number of hydrogen-bond donors (Lipinski definition) is 0. The molecule has 6 nitrogen and oxygen atoms in total. The summed E-state index contributed by atoms with van der Waals surface area (Å²) in [6, 6.07) is 7.43. The van der Waals surface area contributed by atoms with E-state index in [1.807, 2.05) is 29.4 Å². The number of rotatable bonds is 4. The van der Waals surface area contributed by atoms with Crippen LogP contribution in [0.1, 0.15) is 29.1 Å². The van der Waals surface area contributed by atoms with Crippen LogP contribution in [-0.2, 0) is 6.54 Å². The van der Waals surface area contributed by atoms with Gasteiger partial charge in [0.1, 0.15) is 5.82 Å². The number of hydrogen-bond acceptors (Lipinski definition) is 4. The topological polar surface area (TPSA) is 64.2 Å². The number of aromatic nitrogens is 3. The molecule has 0 radical (unpaired) electrons. The highest BCUT2D eigenvalue weighted by molar-refractivity contribution is 5.91. The maximum absolute atomic E-state index is 12.6. The first-order valence-corrected chi connectivity index (χ1v) is 8.97. The highest BCUT2D eigenvalue weighted by atomic mass is 16.3. The average Bonchev–Trinajstić information content (AvgIpc) is 3.33. The van der Waals surface area contributed by atoms with Gasteiger partial charge in [0.15, 0.2) is 5.76 Å². The molecule has 134 valence electrons. The third kappa shape index (κ3) is 3.27. The lowest BCUT2D eigenvalue weighted by Crippen LogP contribution is -2.41. The molecule has 3 aromatic rings. The predicted octanol–water partition coefficient (Wildman–Crippen LogP) is 3.40. The van der Waals surface area contributed by atoms with E-state index in [-0.39, 0.29) is 5.91 Å². The van der Waals surface area contributed by atoms with Gasteiger partial charge in [-0.05, 0) is 49.9 Å². The third-order valence-electron chi connectivity index (χ3n) is 4.95. The van der Waals surface area contributed by atoms with Gasteiger partial charge in [-0.15, -0.1) is 0 Å². The van der Waals surface area contributed by atoms with Crippen molar-refractivity contribution in [1.82, 2.24) is 19.4 Å². The van der Waals surface area contributed by atoms with Crippen LogP contribution in [0.4, 0.5) is 0 Å². The van der Waals surface area contributed by atoms with E-state index in [1.165, 1.54) is 0 Å². The van der Waals surface area contributed by atoms with Crippen molar-refractivity contribution in [2.75, 3.05) is 13.1 Å².